The molecule has 0 aliphatic rings. The zero-order valence-corrected chi connectivity index (χ0v) is 14.9. The lowest BCUT2D eigenvalue weighted by molar-refractivity contribution is 0.136. The van der Waals surface area contributed by atoms with Crippen LogP contribution < -0.4 is 5.32 Å². The maximum Gasteiger partial charge on any atom is 0.107 e. The van der Waals surface area contributed by atoms with E-state index in [4.69, 9.17) is 23.8 Å². The summed E-state index contributed by atoms with van der Waals surface area (Å²) in [5.41, 5.74) is 2.34. The molecule has 0 radical (unpaired) electrons. The van der Waals surface area contributed by atoms with Crippen molar-refractivity contribution in [3.05, 3.63) is 101 Å². The molecule has 3 aromatic rings. The fourth-order valence-corrected chi connectivity index (χ4v) is 2.93. The SMILES string of the molecule is OC(c1ccc(Cl)cc1)C(NC(=S)c1ccccc1)c1ccccn1. The van der Waals surface area contributed by atoms with Crippen molar-refractivity contribution in [2.75, 3.05) is 0 Å². The number of hydrogen-bond acceptors (Lipinski definition) is 3. The lowest BCUT2D eigenvalue weighted by atomic mass is 9.99. The minimum Gasteiger partial charge on any atom is -0.386 e. The highest BCUT2D eigenvalue weighted by atomic mass is 35.5. The summed E-state index contributed by atoms with van der Waals surface area (Å²) in [7, 11) is 0. The van der Waals surface area contributed by atoms with Gasteiger partial charge in [-0.15, -0.1) is 0 Å². The van der Waals surface area contributed by atoms with Gasteiger partial charge in [0.2, 0.25) is 0 Å². The van der Waals surface area contributed by atoms with Gasteiger partial charge in [0, 0.05) is 16.8 Å². The molecule has 1 heterocycles. The van der Waals surface area contributed by atoms with E-state index in [0.29, 0.717) is 15.7 Å². The monoisotopic (exact) mass is 368 g/mol. The first-order chi connectivity index (χ1) is 12.1. The Labute approximate surface area is 157 Å². The van der Waals surface area contributed by atoms with Crippen LogP contribution in [0.15, 0.2) is 79.0 Å². The number of aliphatic hydroxyl groups is 1. The van der Waals surface area contributed by atoms with Crippen molar-refractivity contribution in [1.82, 2.24) is 10.3 Å². The molecular formula is C20H17ClN2OS. The Morgan fingerprint density at radius 2 is 1.64 bits per heavy atom. The third-order valence-corrected chi connectivity index (χ3v) is 4.46. The molecule has 126 valence electrons. The number of thiocarbonyl (C=S) groups is 1. The average molecular weight is 369 g/mol. The van der Waals surface area contributed by atoms with Crippen molar-refractivity contribution in [2.45, 2.75) is 12.1 Å². The molecule has 0 aliphatic heterocycles. The summed E-state index contributed by atoms with van der Waals surface area (Å²) in [6, 6.07) is 21.9. The number of nitrogens with one attached hydrogen (secondary N) is 1. The van der Waals surface area contributed by atoms with Crippen LogP contribution in [0.5, 0.6) is 0 Å². The maximum atomic E-state index is 10.9. The summed E-state index contributed by atoms with van der Waals surface area (Å²) in [5, 5.41) is 14.8. The van der Waals surface area contributed by atoms with Crippen molar-refractivity contribution in [3.8, 4) is 0 Å². The molecule has 0 aliphatic carbocycles. The Morgan fingerprint density at radius 1 is 0.960 bits per heavy atom. The number of aliphatic hydroxyl groups excluding tert-OH is 1. The molecule has 5 heteroatoms. The van der Waals surface area contributed by atoms with Crippen LogP contribution in [0.4, 0.5) is 0 Å². The molecule has 0 saturated carbocycles. The summed E-state index contributed by atoms with van der Waals surface area (Å²) in [6.45, 7) is 0. The van der Waals surface area contributed by atoms with Crippen LogP contribution in [-0.2, 0) is 0 Å². The van der Waals surface area contributed by atoms with Gasteiger partial charge in [0.1, 0.15) is 11.1 Å². The fraction of sp³-hybridized carbons (Fsp3) is 0.100. The first kappa shape index (κ1) is 17.5. The zero-order chi connectivity index (χ0) is 17.6. The van der Waals surface area contributed by atoms with E-state index in [2.05, 4.69) is 10.3 Å². The Morgan fingerprint density at radius 3 is 2.28 bits per heavy atom. The zero-order valence-electron chi connectivity index (χ0n) is 13.3. The van der Waals surface area contributed by atoms with Crippen molar-refractivity contribution < 1.29 is 5.11 Å². The molecule has 1 aromatic heterocycles. The van der Waals surface area contributed by atoms with Gasteiger partial charge in [-0.05, 0) is 29.8 Å². The smallest absolute Gasteiger partial charge is 0.107 e. The minimum absolute atomic E-state index is 0.477. The number of benzene rings is 2. The Bertz CT molecular complexity index is 825. The Hall–Kier alpha value is -2.27. The van der Waals surface area contributed by atoms with Gasteiger partial charge in [-0.2, -0.15) is 0 Å². The maximum absolute atomic E-state index is 10.9. The number of halogens is 1. The van der Waals surface area contributed by atoms with Crippen LogP contribution in [0.25, 0.3) is 0 Å². The van der Waals surface area contributed by atoms with Gasteiger partial charge in [0.25, 0.3) is 0 Å². The summed E-state index contributed by atoms with van der Waals surface area (Å²) in [6.07, 6.45) is 0.873. The van der Waals surface area contributed by atoms with Crippen molar-refractivity contribution in [3.63, 3.8) is 0 Å². The van der Waals surface area contributed by atoms with Gasteiger partial charge in [-0.1, -0.05) is 72.3 Å². The van der Waals surface area contributed by atoms with Crippen molar-refractivity contribution in [2.24, 2.45) is 0 Å². The van der Waals surface area contributed by atoms with Crippen molar-refractivity contribution >= 4 is 28.8 Å². The lowest BCUT2D eigenvalue weighted by Crippen LogP contribution is -2.32. The molecule has 0 bridgehead atoms. The van der Waals surface area contributed by atoms with E-state index >= 15 is 0 Å². The third kappa shape index (κ3) is 4.42. The van der Waals surface area contributed by atoms with Gasteiger partial charge in [-0.25, -0.2) is 0 Å². The summed E-state index contributed by atoms with van der Waals surface area (Å²) < 4.78 is 0. The summed E-state index contributed by atoms with van der Waals surface area (Å²) in [4.78, 5) is 4.94. The van der Waals surface area contributed by atoms with Crippen LogP contribution >= 0.6 is 23.8 Å². The molecule has 0 amide bonds. The number of nitrogens with zero attached hydrogens (tertiary/aromatic N) is 1. The quantitative estimate of drug-likeness (QED) is 0.652. The second-order valence-electron chi connectivity index (χ2n) is 5.57. The predicted octanol–water partition coefficient (Wildman–Crippen LogP) is 4.48. The van der Waals surface area contributed by atoms with Gasteiger partial charge in [0.05, 0.1) is 11.7 Å². The molecule has 2 atom stereocenters. The topological polar surface area (TPSA) is 45.1 Å². The molecular weight excluding hydrogens is 352 g/mol. The van der Waals surface area contributed by atoms with E-state index in [1.807, 2.05) is 48.5 Å². The highest BCUT2D eigenvalue weighted by molar-refractivity contribution is 7.80. The third-order valence-electron chi connectivity index (χ3n) is 3.86. The average Bonchev–Trinajstić information content (AvgIpc) is 2.67. The van der Waals surface area contributed by atoms with Gasteiger partial charge in [-0.3, -0.25) is 4.98 Å². The molecule has 0 spiro atoms. The molecule has 2 unspecified atom stereocenters. The van der Waals surface area contributed by atoms with E-state index in [1.54, 1.807) is 30.5 Å². The highest BCUT2D eigenvalue weighted by Crippen LogP contribution is 2.29. The largest absolute Gasteiger partial charge is 0.386 e. The normalized spacial score (nSPS) is 13.0. The van der Waals surface area contributed by atoms with E-state index in [1.165, 1.54) is 0 Å². The van der Waals surface area contributed by atoms with Gasteiger partial charge in [0.15, 0.2) is 0 Å². The van der Waals surface area contributed by atoms with Gasteiger partial charge < -0.3 is 10.4 Å². The van der Waals surface area contributed by atoms with Crippen LogP contribution in [0.2, 0.25) is 5.02 Å². The predicted molar refractivity (Wildman–Crippen MR) is 105 cm³/mol. The van der Waals surface area contributed by atoms with E-state index in [9.17, 15) is 5.11 Å². The van der Waals surface area contributed by atoms with E-state index in [0.717, 1.165) is 11.1 Å². The summed E-state index contributed by atoms with van der Waals surface area (Å²) in [5.74, 6) is 0. The second-order valence-corrected chi connectivity index (χ2v) is 6.41. The summed E-state index contributed by atoms with van der Waals surface area (Å²) >= 11 is 11.5. The van der Waals surface area contributed by atoms with Crippen LogP contribution in [-0.4, -0.2) is 15.1 Å². The molecule has 0 fully saturated rings. The van der Waals surface area contributed by atoms with Gasteiger partial charge >= 0.3 is 0 Å². The number of rotatable bonds is 5. The Kier molecular flexibility index (Phi) is 5.76. The molecule has 3 rings (SSSR count). The Balaban J connectivity index is 1.90. The molecule has 25 heavy (non-hydrogen) atoms. The number of pyridine rings is 1. The first-order valence-corrected chi connectivity index (χ1v) is 8.64. The standard InChI is InChI=1S/C20H17ClN2OS/c21-16-11-9-14(10-12-16)19(24)18(17-8-4-5-13-22-17)23-20(25)15-6-2-1-3-7-15/h1-13,18-19,24H,(H,23,25). The molecule has 0 saturated heterocycles. The number of hydrogen-bond donors (Lipinski definition) is 2. The van der Waals surface area contributed by atoms with Crippen LogP contribution in [0.3, 0.4) is 0 Å². The van der Waals surface area contributed by atoms with Crippen molar-refractivity contribution in [1.29, 1.82) is 0 Å². The van der Waals surface area contributed by atoms with Crippen LogP contribution in [0.1, 0.15) is 29.0 Å². The number of aromatic nitrogens is 1. The van der Waals surface area contributed by atoms with E-state index < -0.39 is 12.1 Å². The second kappa shape index (κ2) is 8.21. The first-order valence-electron chi connectivity index (χ1n) is 7.85. The molecule has 2 N–H and O–H groups in total. The highest BCUT2D eigenvalue weighted by Gasteiger charge is 2.25. The lowest BCUT2D eigenvalue weighted by Gasteiger charge is -2.25. The van der Waals surface area contributed by atoms with E-state index in [-0.39, 0.29) is 0 Å². The molecule has 2 aromatic carbocycles. The van der Waals surface area contributed by atoms with Crippen LogP contribution in [0, 0.1) is 0 Å². The minimum atomic E-state index is -0.825. The fourth-order valence-electron chi connectivity index (χ4n) is 2.54. The molecule has 3 nitrogen and oxygen atoms in total.